The molecule has 2 fully saturated rings. The highest BCUT2D eigenvalue weighted by Gasteiger charge is 2.44. The predicted octanol–water partition coefficient (Wildman–Crippen LogP) is -1.34. The van der Waals surface area contributed by atoms with Gasteiger partial charge in [-0.25, -0.2) is 0 Å². The summed E-state index contributed by atoms with van der Waals surface area (Å²) in [4.78, 5) is 112. The van der Waals surface area contributed by atoms with E-state index in [2.05, 4.69) is 37.2 Å². The van der Waals surface area contributed by atoms with E-state index in [0.29, 0.717) is 24.8 Å². The van der Waals surface area contributed by atoms with Gasteiger partial charge in [0.25, 0.3) is 0 Å². The van der Waals surface area contributed by atoms with Crippen LogP contribution in [0.15, 0.2) is 24.3 Å². The van der Waals surface area contributed by atoms with E-state index in [1.807, 2.05) is 0 Å². The lowest BCUT2D eigenvalue weighted by molar-refractivity contribution is -0.142. The highest BCUT2D eigenvalue weighted by atomic mass is 16.4. The number of aliphatic hydroxyl groups excluding tert-OH is 1. The zero-order chi connectivity index (χ0) is 46.5. The molecule has 0 aromatic heterocycles. The van der Waals surface area contributed by atoms with Gasteiger partial charge in [0.15, 0.2) is 0 Å². The third-order valence-electron chi connectivity index (χ3n) is 10.6. The molecule has 7 amide bonds. The number of carbonyl (C=O) groups excluding carboxylic acids is 7. The zero-order valence-corrected chi connectivity index (χ0v) is 36.8. The SMILES string of the molecule is CC(C)C[C@@H]1NC(=O)[C@H](CCCCN)NC(=O)[C@H](Cc2ccc(O)cc2)NC(=O)[C@@H]2CCCN2[C@H](C(=O)NC(C)(C)C)[C@H](C)NC(=O)[C@H]([C@@H](C)O)NC(=O)[C@H](CC(=O)O)NC1=O. The Bertz CT molecular complexity index is 1750. The lowest BCUT2D eigenvalue weighted by atomic mass is 10.00. The summed E-state index contributed by atoms with van der Waals surface area (Å²) < 4.78 is 0. The van der Waals surface area contributed by atoms with Gasteiger partial charge in [0.2, 0.25) is 41.4 Å². The maximum absolute atomic E-state index is 14.4. The van der Waals surface area contributed by atoms with Gasteiger partial charge in [-0.2, -0.15) is 0 Å². The number of hydrogen-bond donors (Lipinski definition) is 11. The lowest BCUT2D eigenvalue weighted by Crippen LogP contribution is -2.65. The van der Waals surface area contributed by atoms with Crippen LogP contribution in [-0.4, -0.2) is 141 Å². The van der Waals surface area contributed by atoms with Crippen LogP contribution in [0.5, 0.6) is 5.75 Å². The molecule has 20 nitrogen and oxygen atoms in total. The number of carboxylic acids is 1. The van der Waals surface area contributed by atoms with E-state index in [-0.39, 0.29) is 50.4 Å². The number of aliphatic hydroxyl groups is 1. The van der Waals surface area contributed by atoms with Gasteiger partial charge in [-0.3, -0.25) is 43.3 Å². The highest BCUT2D eigenvalue weighted by Crippen LogP contribution is 2.24. The molecule has 0 aliphatic carbocycles. The Morgan fingerprint density at radius 2 is 1.37 bits per heavy atom. The zero-order valence-electron chi connectivity index (χ0n) is 36.8. The topological polar surface area (TPSA) is 311 Å². The number of amides is 7. The molecule has 2 aliphatic heterocycles. The molecule has 0 unspecified atom stereocenters. The summed E-state index contributed by atoms with van der Waals surface area (Å²) >= 11 is 0. The minimum Gasteiger partial charge on any atom is -0.508 e. The third kappa shape index (κ3) is 15.5. The summed E-state index contributed by atoms with van der Waals surface area (Å²) in [5.74, 6) is -7.40. The number of aromatic hydroxyl groups is 1. The van der Waals surface area contributed by atoms with Crippen molar-refractivity contribution >= 4 is 47.3 Å². The second kappa shape index (κ2) is 23.2. The number of nitrogens with two attached hydrogens (primary N) is 1. The second-order valence-corrected chi connectivity index (χ2v) is 17.7. The van der Waals surface area contributed by atoms with Crippen LogP contribution in [0, 0.1) is 5.92 Å². The van der Waals surface area contributed by atoms with Crippen molar-refractivity contribution in [3.05, 3.63) is 29.8 Å². The standard InChI is InChI=1S/C42H67N9O11/c1-22(2)19-28-36(57)47-30(21-32(54)55)38(59)49-33(24(4)52)40(61)44-23(3)34(41(62)50-42(5,6)7)51-18-10-12-31(51)39(60)48-29(20-25-13-15-26(53)16-14-25)37(58)45-27(35(56)46-28)11-8-9-17-43/h13-16,22-24,27-31,33-34,52-53H,8-12,17-21,43H2,1-7H3,(H,44,61)(H,45,58)(H,46,56)(H,47,57)(H,48,60)(H,49,59)(H,50,62)(H,54,55)/t23-,24+,27-,28-,29-,30-,31-,33-,34-/m0/s1. The van der Waals surface area contributed by atoms with Crippen molar-refractivity contribution in [2.45, 2.75) is 160 Å². The van der Waals surface area contributed by atoms with Crippen molar-refractivity contribution in [3.63, 3.8) is 0 Å². The van der Waals surface area contributed by atoms with Crippen LogP contribution in [-0.2, 0) is 44.8 Å². The molecule has 3 rings (SSSR count). The smallest absolute Gasteiger partial charge is 0.305 e. The summed E-state index contributed by atoms with van der Waals surface area (Å²) in [6.07, 6.45) is -0.868. The fourth-order valence-electron chi connectivity index (χ4n) is 7.57. The van der Waals surface area contributed by atoms with E-state index in [1.165, 1.54) is 26.0 Å². The molecule has 20 heteroatoms. The first kappa shape index (κ1) is 51.0. The van der Waals surface area contributed by atoms with E-state index in [9.17, 15) is 53.7 Å². The molecular formula is C42H67N9O11. The fraction of sp³-hybridized carbons (Fsp3) is 0.667. The van der Waals surface area contributed by atoms with E-state index in [0.717, 1.165) is 0 Å². The Labute approximate surface area is 362 Å². The van der Waals surface area contributed by atoms with E-state index in [1.54, 1.807) is 51.7 Å². The molecule has 12 N–H and O–H groups in total. The number of unbranched alkanes of at least 4 members (excludes halogenated alkanes) is 1. The summed E-state index contributed by atoms with van der Waals surface area (Å²) in [5, 5.41) is 49.0. The monoisotopic (exact) mass is 873 g/mol. The van der Waals surface area contributed by atoms with Crippen LogP contribution in [0.1, 0.15) is 99.0 Å². The summed E-state index contributed by atoms with van der Waals surface area (Å²) in [6.45, 7) is 12.1. The number of fused-ring (bicyclic) bond motifs is 1. The van der Waals surface area contributed by atoms with Crippen molar-refractivity contribution < 1.29 is 53.7 Å². The number of benzene rings is 1. The third-order valence-corrected chi connectivity index (χ3v) is 10.6. The van der Waals surface area contributed by atoms with Crippen LogP contribution in [0.4, 0.5) is 0 Å². The van der Waals surface area contributed by atoms with E-state index < -0.39 is 114 Å². The number of phenols is 1. The van der Waals surface area contributed by atoms with Gasteiger partial charge in [0.1, 0.15) is 42.0 Å². The maximum Gasteiger partial charge on any atom is 0.305 e. The molecule has 1 aromatic rings. The van der Waals surface area contributed by atoms with Crippen LogP contribution >= 0.6 is 0 Å². The molecule has 0 saturated carbocycles. The molecular weight excluding hydrogens is 807 g/mol. The average molecular weight is 874 g/mol. The van der Waals surface area contributed by atoms with Gasteiger partial charge >= 0.3 is 5.97 Å². The van der Waals surface area contributed by atoms with Crippen LogP contribution in [0.3, 0.4) is 0 Å². The minimum atomic E-state index is -1.78. The van der Waals surface area contributed by atoms with Crippen molar-refractivity contribution in [2.24, 2.45) is 11.7 Å². The number of phenolic OH excluding ortho intramolecular Hbond substituents is 1. The first-order valence-electron chi connectivity index (χ1n) is 21.3. The van der Waals surface area contributed by atoms with Crippen molar-refractivity contribution in [3.8, 4) is 5.75 Å². The van der Waals surface area contributed by atoms with Crippen molar-refractivity contribution in [2.75, 3.05) is 13.1 Å². The molecule has 0 bridgehead atoms. The molecule has 62 heavy (non-hydrogen) atoms. The Morgan fingerprint density at radius 3 is 1.95 bits per heavy atom. The lowest BCUT2D eigenvalue weighted by Gasteiger charge is -2.38. The van der Waals surface area contributed by atoms with Crippen molar-refractivity contribution in [1.82, 2.24) is 42.1 Å². The minimum absolute atomic E-state index is 0.0256. The molecule has 9 atom stereocenters. The quantitative estimate of drug-likeness (QED) is 0.109. The molecule has 2 aliphatic rings. The number of carbonyl (C=O) groups is 8. The van der Waals surface area contributed by atoms with Gasteiger partial charge < -0.3 is 58.3 Å². The van der Waals surface area contributed by atoms with Gasteiger partial charge in [-0.1, -0.05) is 26.0 Å². The number of rotatable bonds is 12. The van der Waals surface area contributed by atoms with Crippen molar-refractivity contribution in [1.29, 1.82) is 0 Å². The van der Waals surface area contributed by atoms with E-state index in [4.69, 9.17) is 5.73 Å². The Hall–Kier alpha value is -5.34. The first-order valence-corrected chi connectivity index (χ1v) is 21.3. The second-order valence-electron chi connectivity index (χ2n) is 17.7. The largest absolute Gasteiger partial charge is 0.508 e. The highest BCUT2D eigenvalue weighted by molar-refractivity contribution is 5.98. The maximum atomic E-state index is 14.4. The number of nitrogens with one attached hydrogen (secondary N) is 7. The number of aliphatic carboxylic acids is 1. The van der Waals surface area contributed by atoms with Gasteiger partial charge in [-0.15, -0.1) is 0 Å². The van der Waals surface area contributed by atoms with E-state index >= 15 is 0 Å². The normalized spacial score (nSPS) is 27.0. The molecule has 0 radical (unpaired) electrons. The summed E-state index contributed by atoms with van der Waals surface area (Å²) in [6, 6.07) is -4.61. The fourth-order valence-corrected chi connectivity index (χ4v) is 7.57. The van der Waals surface area contributed by atoms with Crippen LogP contribution in [0.25, 0.3) is 0 Å². The van der Waals surface area contributed by atoms with Gasteiger partial charge in [-0.05, 0) is 110 Å². The number of nitrogens with zero attached hydrogens (tertiary/aromatic N) is 1. The molecule has 2 saturated heterocycles. The summed E-state index contributed by atoms with van der Waals surface area (Å²) in [5.41, 5.74) is 5.54. The average Bonchev–Trinajstić information content (AvgIpc) is 3.64. The Balaban J connectivity index is 2.21. The predicted molar refractivity (Wildman–Crippen MR) is 227 cm³/mol. The summed E-state index contributed by atoms with van der Waals surface area (Å²) in [7, 11) is 0. The Kier molecular flexibility index (Phi) is 19.1. The van der Waals surface area contributed by atoms with Gasteiger partial charge in [0, 0.05) is 12.0 Å². The van der Waals surface area contributed by atoms with Crippen LogP contribution < -0.4 is 43.0 Å². The number of hydrogen-bond acceptors (Lipinski definition) is 12. The number of carboxylic acid groups (broad SMARTS) is 1. The molecule has 2 heterocycles. The van der Waals surface area contributed by atoms with Crippen LogP contribution in [0.2, 0.25) is 0 Å². The molecule has 0 spiro atoms. The Morgan fingerprint density at radius 1 is 0.806 bits per heavy atom. The van der Waals surface area contributed by atoms with Gasteiger partial charge in [0.05, 0.1) is 24.6 Å². The first-order chi connectivity index (χ1) is 29.0. The molecule has 346 valence electrons. The molecule has 1 aromatic carbocycles.